The van der Waals surface area contributed by atoms with E-state index >= 15 is 0 Å². The number of pyridine rings is 1. The molecule has 1 aromatic heterocycles. The second-order valence-electron chi connectivity index (χ2n) is 4.91. The van der Waals surface area contributed by atoms with Crippen LogP contribution < -0.4 is 5.32 Å². The molecule has 1 N–H and O–H groups in total. The van der Waals surface area contributed by atoms with E-state index in [1.165, 1.54) is 24.4 Å². The van der Waals surface area contributed by atoms with Gasteiger partial charge in [-0.15, -0.1) is 0 Å². The summed E-state index contributed by atoms with van der Waals surface area (Å²) in [4.78, 5) is 15.9. The number of nitrogens with one attached hydrogen (secondary N) is 1. The molecule has 0 aliphatic rings. The summed E-state index contributed by atoms with van der Waals surface area (Å²) >= 11 is 0. The predicted octanol–water partition coefficient (Wildman–Crippen LogP) is 3.28. The number of hydrogen-bond acceptors (Lipinski definition) is 2. The van der Waals surface area contributed by atoms with E-state index in [9.17, 15) is 13.6 Å². The molecule has 0 saturated carbocycles. The fourth-order valence-corrected chi connectivity index (χ4v) is 1.85. The van der Waals surface area contributed by atoms with Gasteiger partial charge in [0, 0.05) is 11.8 Å². The van der Waals surface area contributed by atoms with Gasteiger partial charge in [-0.2, -0.15) is 0 Å². The van der Waals surface area contributed by atoms with Gasteiger partial charge in [-0.1, -0.05) is 18.2 Å². The zero-order valence-electron chi connectivity index (χ0n) is 11.2. The van der Waals surface area contributed by atoms with Crippen molar-refractivity contribution in [3.05, 3.63) is 59.9 Å². The second kappa shape index (κ2) is 5.36. The van der Waals surface area contributed by atoms with Crippen LogP contribution >= 0.6 is 0 Å². The van der Waals surface area contributed by atoms with Crippen molar-refractivity contribution < 1.29 is 13.6 Å². The molecule has 0 atom stereocenters. The maximum Gasteiger partial charge on any atom is 0.234 e. The van der Waals surface area contributed by atoms with Crippen molar-refractivity contribution in [1.82, 2.24) is 4.98 Å². The van der Waals surface area contributed by atoms with Gasteiger partial charge in [0.25, 0.3) is 0 Å². The fraction of sp³-hybridized carbons (Fsp3) is 0.200. The Labute approximate surface area is 115 Å². The molecule has 104 valence electrons. The first-order valence-electron chi connectivity index (χ1n) is 6.09. The maximum absolute atomic E-state index is 13.8. The molecule has 0 unspecified atom stereocenters. The molecule has 2 rings (SSSR count). The molecule has 20 heavy (non-hydrogen) atoms. The van der Waals surface area contributed by atoms with E-state index < -0.39 is 23.0 Å². The quantitative estimate of drug-likeness (QED) is 0.934. The highest BCUT2D eigenvalue weighted by Crippen LogP contribution is 2.27. The standard InChI is InChI=1S/C15H14F2N2O/c1-15(2,10-5-3-4-6-11(10)16)14(20)19-13-7-8-18-9-12(13)17/h3-9H,1-2H3,(H,18,19,20). The summed E-state index contributed by atoms with van der Waals surface area (Å²) in [5.41, 5.74) is -0.845. The number of aromatic nitrogens is 1. The largest absolute Gasteiger partial charge is 0.323 e. The van der Waals surface area contributed by atoms with Crippen LogP contribution in [0.4, 0.5) is 14.5 Å². The molecular weight excluding hydrogens is 262 g/mol. The Balaban J connectivity index is 2.29. The molecule has 1 amide bonds. The van der Waals surface area contributed by atoms with Crippen molar-refractivity contribution in [2.24, 2.45) is 0 Å². The third kappa shape index (κ3) is 2.66. The number of benzene rings is 1. The van der Waals surface area contributed by atoms with Crippen LogP contribution in [-0.2, 0) is 10.2 Å². The Morgan fingerprint density at radius 3 is 2.50 bits per heavy atom. The number of halogens is 2. The van der Waals surface area contributed by atoms with Crippen LogP contribution in [0.3, 0.4) is 0 Å². The first kappa shape index (κ1) is 14.1. The molecule has 0 aliphatic carbocycles. The number of nitrogens with zero attached hydrogens (tertiary/aromatic N) is 1. The Hall–Kier alpha value is -2.30. The molecule has 2 aromatic rings. The van der Waals surface area contributed by atoms with E-state index in [0.717, 1.165) is 6.20 Å². The zero-order valence-corrected chi connectivity index (χ0v) is 11.2. The summed E-state index contributed by atoms with van der Waals surface area (Å²) in [5, 5.41) is 2.46. The molecule has 1 heterocycles. The van der Waals surface area contributed by atoms with Gasteiger partial charge in [0.1, 0.15) is 5.82 Å². The van der Waals surface area contributed by atoms with Crippen molar-refractivity contribution in [3.63, 3.8) is 0 Å². The van der Waals surface area contributed by atoms with Crippen molar-refractivity contribution in [3.8, 4) is 0 Å². The highest BCUT2D eigenvalue weighted by Gasteiger charge is 2.32. The lowest BCUT2D eigenvalue weighted by molar-refractivity contribution is -0.120. The van der Waals surface area contributed by atoms with Gasteiger partial charge in [-0.05, 0) is 26.0 Å². The van der Waals surface area contributed by atoms with Gasteiger partial charge >= 0.3 is 0 Å². The Kier molecular flexibility index (Phi) is 3.79. The lowest BCUT2D eigenvalue weighted by Crippen LogP contribution is -2.35. The smallest absolute Gasteiger partial charge is 0.234 e. The summed E-state index contributed by atoms with van der Waals surface area (Å²) in [5.74, 6) is -1.60. The number of rotatable bonds is 3. The normalized spacial score (nSPS) is 11.2. The number of carbonyl (C=O) groups is 1. The van der Waals surface area contributed by atoms with Gasteiger partial charge in [0.2, 0.25) is 5.91 Å². The monoisotopic (exact) mass is 276 g/mol. The Bertz CT molecular complexity index is 641. The molecule has 0 radical (unpaired) electrons. The average molecular weight is 276 g/mol. The lowest BCUT2D eigenvalue weighted by atomic mass is 9.83. The molecule has 5 heteroatoms. The third-order valence-electron chi connectivity index (χ3n) is 3.14. The summed E-state index contributed by atoms with van der Waals surface area (Å²) in [6, 6.07) is 7.38. The Morgan fingerprint density at radius 2 is 1.85 bits per heavy atom. The van der Waals surface area contributed by atoms with Crippen LogP contribution in [0, 0.1) is 11.6 Å². The number of hydrogen-bond donors (Lipinski definition) is 1. The lowest BCUT2D eigenvalue weighted by Gasteiger charge is -2.24. The SMILES string of the molecule is CC(C)(C(=O)Nc1ccncc1F)c1ccccc1F. The van der Waals surface area contributed by atoms with Crippen LogP contribution in [0.25, 0.3) is 0 Å². The van der Waals surface area contributed by atoms with Crippen LogP contribution in [0.15, 0.2) is 42.7 Å². The third-order valence-corrected chi connectivity index (χ3v) is 3.14. The molecule has 0 bridgehead atoms. The highest BCUT2D eigenvalue weighted by atomic mass is 19.1. The van der Waals surface area contributed by atoms with Gasteiger partial charge in [-0.25, -0.2) is 8.78 Å². The van der Waals surface area contributed by atoms with Gasteiger partial charge in [0.15, 0.2) is 5.82 Å². The number of carbonyl (C=O) groups excluding carboxylic acids is 1. The summed E-state index contributed by atoms with van der Waals surface area (Å²) in [6.45, 7) is 3.17. The van der Waals surface area contributed by atoms with E-state index in [4.69, 9.17) is 0 Å². The number of anilines is 1. The van der Waals surface area contributed by atoms with E-state index in [1.807, 2.05) is 0 Å². The minimum Gasteiger partial charge on any atom is -0.323 e. The summed E-state index contributed by atoms with van der Waals surface area (Å²) in [6.07, 6.45) is 2.38. The summed E-state index contributed by atoms with van der Waals surface area (Å²) in [7, 11) is 0. The van der Waals surface area contributed by atoms with E-state index in [0.29, 0.717) is 0 Å². The second-order valence-corrected chi connectivity index (χ2v) is 4.91. The van der Waals surface area contributed by atoms with Crippen LogP contribution in [0.2, 0.25) is 0 Å². The van der Waals surface area contributed by atoms with Crippen molar-refractivity contribution in [1.29, 1.82) is 0 Å². The molecule has 0 saturated heterocycles. The highest BCUT2D eigenvalue weighted by molar-refractivity contribution is 5.98. The van der Waals surface area contributed by atoms with E-state index in [-0.39, 0.29) is 11.3 Å². The average Bonchev–Trinajstić information content (AvgIpc) is 2.41. The molecule has 0 spiro atoms. The van der Waals surface area contributed by atoms with E-state index in [1.54, 1.807) is 26.0 Å². The first-order valence-corrected chi connectivity index (χ1v) is 6.09. The predicted molar refractivity (Wildman–Crippen MR) is 72.3 cm³/mol. The number of amides is 1. The molecule has 1 aromatic carbocycles. The van der Waals surface area contributed by atoms with Crippen LogP contribution in [0.5, 0.6) is 0 Å². The van der Waals surface area contributed by atoms with Crippen LogP contribution in [0.1, 0.15) is 19.4 Å². The molecular formula is C15H14F2N2O. The van der Waals surface area contributed by atoms with Gasteiger partial charge in [-0.3, -0.25) is 9.78 Å². The van der Waals surface area contributed by atoms with Gasteiger partial charge in [0.05, 0.1) is 17.3 Å². The van der Waals surface area contributed by atoms with Crippen molar-refractivity contribution >= 4 is 11.6 Å². The maximum atomic E-state index is 13.8. The molecule has 3 nitrogen and oxygen atoms in total. The van der Waals surface area contributed by atoms with Crippen molar-refractivity contribution in [2.45, 2.75) is 19.3 Å². The van der Waals surface area contributed by atoms with Crippen LogP contribution in [-0.4, -0.2) is 10.9 Å². The van der Waals surface area contributed by atoms with E-state index in [2.05, 4.69) is 10.3 Å². The fourth-order valence-electron chi connectivity index (χ4n) is 1.85. The zero-order chi connectivity index (χ0) is 14.8. The first-order chi connectivity index (χ1) is 9.43. The van der Waals surface area contributed by atoms with Gasteiger partial charge < -0.3 is 5.32 Å². The minimum absolute atomic E-state index is 0.0226. The Morgan fingerprint density at radius 1 is 1.15 bits per heavy atom. The molecule has 0 fully saturated rings. The van der Waals surface area contributed by atoms with Crippen molar-refractivity contribution in [2.75, 3.05) is 5.32 Å². The molecule has 0 aliphatic heterocycles. The minimum atomic E-state index is -1.12. The topological polar surface area (TPSA) is 42.0 Å². The summed E-state index contributed by atoms with van der Waals surface area (Å²) < 4.78 is 27.3.